The van der Waals surface area contributed by atoms with E-state index in [1.807, 2.05) is 32.0 Å². The Labute approximate surface area is 199 Å². The van der Waals surface area contributed by atoms with Gasteiger partial charge in [0.25, 0.3) is 5.91 Å². The van der Waals surface area contributed by atoms with Crippen molar-refractivity contribution in [1.29, 1.82) is 0 Å². The highest BCUT2D eigenvalue weighted by Crippen LogP contribution is 2.66. The Bertz CT molecular complexity index is 961. The number of anilines is 1. The predicted octanol–water partition coefficient (Wildman–Crippen LogP) is 2.47. The molecule has 3 heterocycles. The van der Waals surface area contributed by atoms with Crippen LogP contribution in [-0.2, 0) is 19.1 Å². The van der Waals surface area contributed by atoms with Crippen LogP contribution in [0.5, 0.6) is 0 Å². The maximum Gasteiger partial charge on any atom is 0.310 e. The van der Waals surface area contributed by atoms with Crippen LogP contribution in [0.1, 0.15) is 30.9 Å². The van der Waals surface area contributed by atoms with Gasteiger partial charge in [-0.3, -0.25) is 14.4 Å². The first kappa shape index (κ1) is 23.8. The van der Waals surface area contributed by atoms with Crippen LogP contribution < -0.4 is 4.90 Å². The minimum absolute atomic E-state index is 0.0300. The lowest BCUT2D eigenvalue weighted by Gasteiger charge is -2.37. The summed E-state index contributed by atoms with van der Waals surface area (Å²) in [4.78, 5) is 44.0. The number of carbonyl (C=O) groups excluding carboxylic acids is 3. The second-order valence-corrected chi connectivity index (χ2v) is 10.6. The standard InChI is InChI=1S/C25H32N2O5S/c1-5-12-26(20-15(3)8-7-9-16(20)4)23(30)21-25-11-10-17(33-25)18(24(31)32-6-2)19(25)22(29)27(21)13-14-28/h5,7-9,17-19,21,28H,1,6,10-14H2,2-4H3/t17-,18+,19-,21?,25?/m0/s1. The van der Waals surface area contributed by atoms with Gasteiger partial charge < -0.3 is 19.6 Å². The number of β-amino-alcohol motifs (C(OH)–C–C–N with tert-alkyl or cyclic N) is 1. The fourth-order valence-corrected chi connectivity index (χ4v) is 8.29. The van der Waals surface area contributed by atoms with Gasteiger partial charge in [0.05, 0.1) is 29.8 Å². The van der Waals surface area contributed by atoms with E-state index in [0.29, 0.717) is 13.0 Å². The quantitative estimate of drug-likeness (QED) is 0.462. The molecule has 1 spiro atoms. The van der Waals surface area contributed by atoms with Gasteiger partial charge in [0.15, 0.2) is 0 Å². The molecular formula is C25H32N2O5S. The number of benzene rings is 1. The summed E-state index contributed by atoms with van der Waals surface area (Å²) in [7, 11) is 0. The van der Waals surface area contributed by atoms with Crippen LogP contribution in [0.25, 0.3) is 0 Å². The monoisotopic (exact) mass is 472 g/mol. The van der Waals surface area contributed by atoms with E-state index in [0.717, 1.165) is 23.2 Å². The van der Waals surface area contributed by atoms with Crippen molar-refractivity contribution in [2.75, 3.05) is 31.2 Å². The first-order valence-electron chi connectivity index (χ1n) is 11.6. The molecule has 3 saturated heterocycles. The van der Waals surface area contributed by atoms with Gasteiger partial charge in [0.2, 0.25) is 5.91 Å². The van der Waals surface area contributed by atoms with Gasteiger partial charge in [-0.1, -0.05) is 24.3 Å². The number of aliphatic hydroxyl groups excluding tert-OH is 1. The van der Waals surface area contributed by atoms with Crippen LogP contribution in [0.3, 0.4) is 0 Å². The van der Waals surface area contributed by atoms with Crippen molar-refractivity contribution in [3.8, 4) is 0 Å². The molecule has 3 fully saturated rings. The van der Waals surface area contributed by atoms with E-state index in [4.69, 9.17) is 4.74 Å². The number of ether oxygens (including phenoxy) is 1. The number of likely N-dealkylation sites (tertiary alicyclic amines) is 1. The summed E-state index contributed by atoms with van der Waals surface area (Å²) in [5, 5.41) is 9.72. The number of rotatable bonds is 8. The molecule has 0 aromatic heterocycles. The fraction of sp³-hybridized carbons (Fsp3) is 0.560. The van der Waals surface area contributed by atoms with Crippen molar-refractivity contribution < 1.29 is 24.2 Å². The minimum Gasteiger partial charge on any atom is -0.466 e. The molecular weight excluding hydrogens is 440 g/mol. The van der Waals surface area contributed by atoms with Crippen LogP contribution in [-0.4, -0.2) is 70.1 Å². The molecule has 1 aromatic carbocycles. The molecule has 0 aliphatic carbocycles. The summed E-state index contributed by atoms with van der Waals surface area (Å²) in [5.41, 5.74) is 2.74. The van der Waals surface area contributed by atoms with Crippen LogP contribution in [0, 0.1) is 25.7 Å². The molecule has 5 atom stereocenters. The summed E-state index contributed by atoms with van der Waals surface area (Å²) in [6.45, 7) is 9.90. The van der Waals surface area contributed by atoms with Gasteiger partial charge in [-0.15, -0.1) is 18.3 Å². The third-order valence-electron chi connectivity index (χ3n) is 7.22. The van der Waals surface area contributed by atoms with Crippen molar-refractivity contribution >= 4 is 35.2 Å². The Morgan fingerprint density at radius 2 is 2.06 bits per heavy atom. The van der Waals surface area contributed by atoms with Crippen molar-refractivity contribution in [3.63, 3.8) is 0 Å². The van der Waals surface area contributed by atoms with Crippen molar-refractivity contribution in [1.82, 2.24) is 4.90 Å². The van der Waals surface area contributed by atoms with Crippen LogP contribution in [0.4, 0.5) is 5.69 Å². The molecule has 8 heteroatoms. The molecule has 178 valence electrons. The average Bonchev–Trinajstić information content (AvgIpc) is 3.41. The molecule has 0 saturated carbocycles. The zero-order chi connectivity index (χ0) is 23.9. The molecule has 4 rings (SSSR count). The minimum atomic E-state index is -0.754. The normalized spacial score (nSPS) is 29.8. The maximum atomic E-state index is 14.3. The Kier molecular flexibility index (Phi) is 6.60. The van der Waals surface area contributed by atoms with Crippen molar-refractivity contribution in [3.05, 3.63) is 42.0 Å². The molecule has 3 aliphatic heterocycles. The number of aliphatic hydroxyl groups is 1. The smallest absolute Gasteiger partial charge is 0.310 e. The van der Waals surface area contributed by atoms with Gasteiger partial charge in [-0.25, -0.2) is 0 Å². The Hall–Kier alpha value is -2.32. The van der Waals surface area contributed by atoms with E-state index in [9.17, 15) is 19.5 Å². The van der Waals surface area contributed by atoms with Crippen LogP contribution in [0.2, 0.25) is 0 Å². The molecule has 2 bridgehead atoms. The summed E-state index contributed by atoms with van der Waals surface area (Å²) < 4.78 is 4.64. The average molecular weight is 473 g/mol. The van der Waals surface area contributed by atoms with E-state index in [1.54, 1.807) is 29.7 Å². The van der Waals surface area contributed by atoms with Crippen LogP contribution in [0.15, 0.2) is 30.9 Å². The lowest BCUT2D eigenvalue weighted by molar-refractivity contribution is -0.153. The third kappa shape index (κ3) is 3.58. The second kappa shape index (κ2) is 9.14. The molecule has 0 radical (unpaired) electrons. The highest BCUT2D eigenvalue weighted by atomic mass is 32.2. The maximum absolute atomic E-state index is 14.3. The van der Waals surface area contributed by atoms with E-state index < -0.39 is 22.6 Å². The zero-order valence-electron chi connectivity index (χ0n) is 19.5. The van der Waals surface area contributed by atoms with Gasteiger partial charge in [-0.05, 0) is 44.7 Å². The summed E-state index contributed by atoms with van der Waals surface area (Å²) in [5.74, 6) is -1.93. The first-order chi connectivity index (χ1) is 15.8. The van der Waals surface area contributed by atoms with Crippen molar-refractivity contribution in [2.24, 2.45) is 11.8 Å². The number of carbonyl (C=O) groups is 3. The van der Waals surface area contributed by atoms with E-state index in [2.05, 4.69) is 6.58 Å². The topological polar surface area (TPSA) is 87.2 Å². The fourth-order valence-electron chi connectivity index (χ4n) is 6.09. The lowest BCUT2D eigenvalue weighted by atomic mass is 9.71. The highest BCUT2D eigenvalue weighted by Gasteiger charge is 2.74. The number of thioether (sulfide) groups is 1. The molecule has 2 unspecified atom stereocenters. The number of esters is 1. The molecule has 7 nitrogen and oxygen atoms in total. The number of nitrogens with zero attached hydrogens (tertiary/aromatic N) is 2. The highest BCUT2D eigenvalue weighted by molar-refractivity contribution is 8.02. The molecule has 2 amide bonds. The van der Waals surface area contributed by atoms with E-state index >= 15 is 0 Å². The predicted molar refractivity (Wildman–Crippen MR) is 128 cm³/mol. The number of fused-ring (bicyclic) bond motifs is 1. The van der Waals surface area contributed by atoms with Crippen LogP contribution >= 0.6 is 11.8 Å². The number of hydrogen-bond donors (Lipinski definition) is 1. The largest absolute Gasteiger partial charge is 0.466 e. The van der Waals surface area contributed by atoms with Gasteiger partial charge >= 0.3 is 5.97 Å². The van der Waals surface area contributed by atoms with Gasteiger partial charge in [0, 0.05) is 24.0 Å². The number of hydrogen-bond acceptors (Lipinski definition) is 6. The summed E-state index contributed by atoms with van der Waals surface area (Å²) in [6, 6.07) is 5.13. The number of para-hydroxylation sites is 1. The Morgan fingerprint density at radius 3 is 2.67 bits per heavy atom. The molecule has 1 N–H and O–H groups in total. The van der Waals surface area contributed by atoms with E-state index in [-0.39, 0.29) is 42.8 Å². The molecule has 3 aliphatic rings. The number of aryl methyl sites for hydroxylation is 2. The summed E-state index contributed by atoms with van der Waals surface area (Å²) in [6.07, 6.45) is 3.13. The van der Waals surface area contributed by atoms with Gasteiger partial charge in [0.1, 0.15) is 6.04 Å². The first-order valence-corrected chi connectivity index (χ1v) is 12.4. The third-order valence-corrected chi connectivity index (χ3v) is 9.17. The SMILES string of the molecule is C=CCN(C(=O)C1N(CCO)C(=O)[C@@H]2[C@H](C(=O)OCC)[C@@H]3CCC12S3)c1c(C)cccc1C. The zero-order valence-corrected chi connectivity index (χ0v) is 20.3. The molecule has 33 heavy (non-hydrogen) atoms. The Balaban J connectivity index is 1.79. The Morgan fingerprint density at radius 1 is 1.36 bits per heavy atom. The second-order valence-electron chi connectivity index (χ2n) is 9.04. The summed E-state index contributed by atoms with van der Waals surface area (Å²) >= 11 is 1.60. The van der Waals surface area contributed by atoms with Crippen molar-refractivity contribution in [2.45, 2.75) is 49.7 Å². The van der Waals surface area contributed by atoms with Gasteiger partial charge in [-0.2, -0.15) is 0 Å². The number of amides is 2. The lowest BCUT2D eigenvalue weighted by Crippen LogP contribution is -2.55. The van der Waals surface area contributed by atoms with E-state index in [1.165, 1.54) is 4.90 Å². The molecule has 1 aromatic rings.